The lowest BCUT2D eigenvalue weighted by Crippen LogP contribution is -2.56. The molecule has 0 aliphatic carbocycles. The van der Waals surface area contributed by atoms with Crippen LogP contribution in [0.3, 0.4) is 0 Å². The molecule has 4 unspecified atom stereocenters. The smallest absolute Gasteiger partial charge is 0.377 e. The summed E-state index contributed by atoms with van der Waals surface area (Å²) < 4.78 is 19.9. The molecular weight excluding hydrogens is 440 g/mol. The summed E-state index contributed by atoms with van der Waals surface area (Å²) in [7, 11) is -1.01. The molecule has 4 atom stereocenters. The largest absolute Gasteiger partial charge is 0.501 e. The highest BCUT2D eigenvalue weighted by atomic mass is 28.4. The van der Waals surface area contributed by atoms with E-state index in [1.54, 1.807) is 7.11 Å². The molecule has 0 aromatic heterocycles. The Morgan fingerprint density at radius 2 is 1.56 bits per heavy atom. The Morgan fingerprint density at radius 1 is 0.971 bits per heavy atom. The van der Waals surface area contributed by atoms with Gasteiger partial charge in [-0.2, -0.15) is 0 Å². The third-order valence-electron chi connectivity index (χ3n) is 8.64. The molecule has 0 spiro atoms. The summed E-state index contributed by atoms with van der Waals surface area (Å²) in [6, 6.07) is 5.37. The molecule has 192 valence electrons. The van der Waals surface area contributed by atoms with E-state index in [-0.39, 0.29) is 11.2 Å². The summed E-state index contributed by atoms with van der Waals surface area (Å²) in [5.41, 5.74) is 4.55. The van der Waals surface area contributed by atoms with Crippen molar-refractivity contribution < 1.29 is 13.3 Å². The summed E-state index contributed by atoms with van der Waals surface area (Å²) in [5.74, 6) is 1.20. The summed E-state index contributed by atoms with van der Waals surface area (Å²) in [6.07, 6.45) is 5.39. The molecule has 0 saturated carbocycles. The van der Waals surface area contributed by atoms with Crippen molar-refractivity contribution >= 4 is 14.5 Å². The molecule has 0 bridgehead atoms. The lowest BCUT2D eigenvalue weighted by atomic mass is 9.68. The molecule has 2 heterocycles. The zero-order valence-corrected chi connectivity index (χ0v) is 24.5. The van der Waals surface area contributed by atoms with Crippen LogP contribution in [0.1, 0.15) is 71.6 Å². The molecule has 2 aliphatic rings. The lowest BCUT2D eigenvalue weighted by Gasteiger charge is -2.46. The minimum atomic E-state index is -2.79. The van der Waals surface area contributed by atoms with E-state index in [9.17, 15) is 0 Å². The highest BCUT2D eigenvalue weighted by Gasteiger charge is 2.67. The van der Waals surface area contributed by atoms with E-state index in [4.69, 9.17) is 13.3 Å². The Labute approximate surface area is 209 Å². The molecule has 34 heavy (non-hydrogen) atoms. The van der Waals surface area contributed by atoms with Gasteiger partial charge >= 0.3 is 8.80 Å². The Morgan fingerprint density at radius 3 is 2.09 bits per heavy atom. The minimum Gasteiger partial charge on any atom is -0.377 e. The van der Waals surface area contributed by atoms with Crippen molar-refractivity contribution in [3.8, 4) is 0 Å². The van der Waals surface area contributed by atoms with Crippen LogP contribution in [0.5, 0.6) is 0 Å². The quantitative estimate of drug-likeness (QED) is 0.364. The van der Waals surface area contributed by atoms with Gasteiger partial charge in [-0.3, -0.25) is 0 Å². The molecule has 5 nitrogen and oxygen atoms in total. The summed E-state index contributed by atoms with van der Waals surface area (Å²) >= 11 is 0. The van der Waals surface area contributed by atoms with Crippen LogP contribution in [-0.2, 0) is 13.3 Å². The van der Waals surface area contributed by atoms with E-state index in [0.717, 1.165) is 25.7 Å². The third-order valence-corrected chi connectivity index (χ3v) is 11.7. The van der Waals surface area contributed by atoms with Gasteiger partial charge in [0.15, 0.2) is 0 Å². The van der Waals surface area contributed by atoms with Crippen molar-refractivity contribution in [3.63, 3.8) is 0 Å². The maximum atomic E-state index is 6.93. The molecule has 1 aromatic rings. The number of hydrogen-bond donors (Lipinski definition) is 0. The van der Waals surface area contributed by atoms with Crippen LogP contribution >= 0.6 is 0 Å². The summed E-state index contributed by atoms with van der Waals surface area (Å²) in [6.45, 7) is 24.2. The van der Waals surface area contributed by atoms with Crippen molar-refractivity contribution in [2.24, 2.45) is 17.8 Å². The van der Waals surface area contributed by atoms with Gasteiger partial charge in [0, 0.05) is 37.8 Å². The fourth-order valence-electron chi connectivity index (χ4n) is 5.91. The van der Waals surface area contributed by atoms with E-state index in [0.29, 0.717) is 17.8 Å². The van der Waals surface area contributed by atoms with Crippen LogP contribution in [0.2, 0.25) is 6.04 Å². The maximum Gasteiger partial charge on any atom is 0.501 e. The standard InChI is InChI=1S/C28H48N2O3Si/c1-20(2)25(8)28(10)27(9,21(3)4)32-34(31-11,33-28)16-12-13-29-14-15-30(19-29)26-23(6)17-22(5)18-24(26)7/h14-15,17-18,20-21,25H,12-13,16,19H2,1-11H3. The average Bonchev–Trinajstić information content (AvgIpc) is 3.29. The van der Waals surface area contributed by atoms with Gasteiger partial charge in [-0.15, -0.1) is 0 Å². The highest BCUT2D eigenvalue weighted by Crippen LogP contribution is 2.53. The molecule has 1 saturated heterocycles. The molecular formula is C28H48N2O3Si. The van der Waals surface area contributed by atoms with E-state index in [1.165, 1.54) is 22.4 Å². The second-order valence-corrected chi connectivity index (χ2v) is 14.2. The fourth-order valence-corrected chi connectivity index (χ4v) is 9.24. The van der Waals surface area contributed by atoms with Crippen LogP contribution < -0.4 is 4.90 Å². The van der Waals surface area contributed by atoms with Crippen molar-refractivity contribution in [1.82, 2.24) is 4.90 Å². The van der Waals surface area contributed by atoms with E-state index < -0.39 is 8.80 Å². The van der Waals surface area contributed by atoms with Crippen molar-refractivity contribution in [3.05, 3.63) is 41.2 Å². The van der Waals surface area contributed by atoms with Gasteiger partial charge in [-0.25, -0.2) is 0 Å². The first kappa shape index (κ1) is 27.2. The Hall–Kier alpha value is -1.34. The number of benzene rings is 1. The minimum absolute atomic E-state index is 0.333. The zero-order valence-electron chi connectivity index (χ0n) is 23.5. The number of aryl methyl sites for hydroxylation is 3. The maximum absolute atomic E-state index is 6.93. The average molecular weight is 489 g/mol. The molecule has 0 N–H and O–H groups in total. The molecule has 3 rings (SSSR count). The van der Waals surface area contributed by atoms with Crippen LogP contribution in [0.15, 0.2) is 24.5 Å². The van der Waals surface area contributed by atoms with Crippen LogP contribution in [0.25, 0.3) is 0 Å². The molecule has 0 radical (unpaired) electrons. The van der Waals surface area contributed by atoms with Crippen LogP contribution in [-0.4, -0.2) is 45.2 Å². The van der Waals surface area contributed by atoms with E-state index in [1.807, 2.05) is 0 Å². The van der Waals surface area contributed by atoms with Gasteiger partial charge in [0.2, 0.25) is 0 Å². The predicted molar refractivity (Wildman–Crippen MR) is 144 cm³/mol. The SMILES string of the molecule is CO[Si]1(CCCN2C=CN(c3c(C)cc(C)cc3C)C2)OC(C)(C(C)C)C(C)(C(C)C(C)C)O1. The normalized spacial score (nSPS) is 30.3. The molecule has 1 aromatic carbocycles. The Bertz CT molecular complexity index is 881. The third kappa shape index (κ3) is 4.84. The van der Waals surface area contributed by atoms with Crippen molar-refractivity contribution in [1.29, 1.82) is 0 Å². The van der Waals surface area contributed by atoms with Crippen molar-refractivity contribution in [2.75, 3.05) is 25.2 Å². The van der Waals surface area contributed by atoms with E-state index in [2.05, 4.69) is 104 Å². The van der Waals surface area contributed by atoms with Crippen LogP contribution in [0.4, 0.5) is 5.69 Å². The second kappa shape index (κ2) is 9.96. The van der Waals surface area contributed by atoms with Gasteiger partial charge in [-0.05, 0) is 69.9 Å². The van der Waals surface area contributed by atoms with Gasteiger partial charge in [0.25, 0.3) is 0 Å². The first-order chi connectivity index (χ1) is 15.8. The van der Waals surface area contributed by atoms with E-state index >= 15 is 0 Å². The van der Waals surface area contributed by atoms with Crippen LogP contribution in [0, 0.1) is 38.5 Å². The number of nitrogens with zero attached hydrogens (tertiary/aromatic N) is 2. The molecule has 1 fully saturated rings. The Kier molecular flexibility index (Phi) is 7.98. The summed E-state index contributed by atoms with van der Waals surface area (Å²) in [4.78, 5) is 4.73. The first-order valence-electron chi connectivity index (χ1n) is 13.0. The van der Waals surface area contributed by atoms with Gasteiger partial charge in [0.05, 0.1) is 17.9 Å². The lowest BCUT2D eigenvalue weighted by molar-refractivity contribution is -0.0975. The first-order valence-corrected chi connectivity index (χ1v) is 14.9. The predicted octanol–water partition coefficient (Wildman–Crippen LogP) is 6.65. The fraction of sp³-hybridized carbons (Fsp3) is 0.714. The second-order valence-electron chi connectivity index (χ2n) is 11.6. The summed E-state index contributed by atoms with van der Waals surface area (Å²) in [5, 5.41) is 0. The molecule has 2 aliphatic heterocycles. The molecule has 0 amide bonds. The highest BCUT2D eigenvalue weighted by molar-refractivity contribution is 6.61. The van der Waals surface area contributed by atoms with Crippen molar-refractivity contribution in [2.45, 2.75) is 92.9 Å². The number of anilines is 1. The van der Waals surface area contributed by atoms with Gasteiger partial charge in [0.1, 0.15) is 0 Å². The zero-order chi connectivity index (χ0) is 25.5. The van der Waals surface area contributed by atoms with Gasteiger partial charge < -0.3 is 23.1 Å². The topological polar surface area (TPSA) is 34.2 Å². The molecule has 6 heteroatoms. The number of hydrogen-bond acceptors (Lipinski definition) is 5. The Balaban J connectivity index is 1.67. The van der Waals surface area contributed by atoms with Gasteiger partial charge in [-0.1, -0.05) is 52.3 Å². The monoisotopic (exact) mass is 488 g/mol. The number of rotatable bonds is 9.